The van der Waals surface area contributed by atoms with Gasteiger partial charge in [0.2, 0.25) is 0 Å². The molecule has 27 heavy (non-hydrogen) atoms. The monoisotopic (exact) mass is 377 g/mol. The lowest BCUT2D eigenvalue weighted by Crippen LogP contribution is -2.65. The van der Waals surface area contributed by atoms with Gasteiger partial charge in [-0.25, -0.2) is 0 Å². The summed E-state index contributed by atoms with van der Waals surface area (Å²) in [5.74, 6) is 2.42. The van der Waals surface area contributed by atoms with Gasteiger partial charge in [-0.3, -0.25) is 4.99 Å². The Morgan fingerprint density at radius 1 is 1.37 bits per heavy atom. The van der Waals surface area contributed by atoms with E-state index in [4.69, 9.17) is 18.9 Å². The molecule has 6 heteroatoms. The fourth-order valence-electron chi connectivity index (χ4n) is 4.50. The standard InChI is InChI=1S/C21H35N3O3/c1-4-21(5-2)18(13-19(21)25-3)24-20(23-14-16-9-12-26-15-16)22-10-8-17-7-6-11-27-17/h6-7,11,16,18-19H,4-5,8-10,12-15H2,1-3H3,(H2,22,23,24). The molecule has 0 spiro atoms. The zero-order valence-corrected chi connectivity index (χ0v) is 17.0. The van der Waals surface area contributed by atoms with Crippen LogP contribution in [0.1, 0.15) is 45.3 Å². The molecule has 2 N–H and O–H groups in total. The quantitative estimate of drug-likeness (QED) is 0.511. The van der Waals surface area contributed by atoms with Crippen molar-refractivity contribution in [3.8, 4) is 0 Å². The molecular weight excluding hydrogens is 342 g/mol. The van der Waals surface area contributed by atoms with Gasteiger partial charge in [0.1, 0.15) is 5.76 Å². The second kappa shape index (κ2) is 9.60. The average Bonchev–Trinajstić information content (AvgIpc) is 3.37. The molecule has 1 aliphatic heterocycles. The van der Waals surface area contributed by atoms with Crippen molar-refractivity contribution >= 4 is 5.96 Å². The van der Waals surface area contributed by atoms with Crippen LogP contribution in [0.3, 0.4) is 0 Å². The van der Waals surface area contributed by atoms with E-state index < -0.39 is 0 Å². The van der Waals surface area contributed by atoms with Gasteiger partial charge in [-0.1, -0.05) is 13.8 Å². The molecule has 1 aliphatic carbocycles. The molecule has 3 atom stereocenters. The number of ether oxygens (including phenoxy) is 2. The van der Waals surface area contributed by atoms with Crippen molar-refractivity contribution < 1.29 is 13.9 Å². The fraction of sp³-hybridized carbons (Fsp3) is 0.762. The molecule has 2 aliphatic rings. The largest absolute Gasteiger partial charge is 0.469 e. The van der Waals surface area contributed by atoms with Crippen LogP contribution < -0.4 is 10.6 Å². The molecule has 1 aromatic rings. The Balaban J connectivity index is 1.60. The first-order valence-corrected chi connectivity index (χ1v) is 10.4. The van der Waals surface area contributed by atoms with Gasteiger partial charge in [-0.15, -0.1) is 0 Å². The molecule has 2 fully saturated rings. The molecule has 1 aromatic heterocycles. The lowest BCUT2D eigenvalue weighted by atomic mass is 9.58. The molecule has 2 heterocycles. The van der Waals surface area contributed by atoms with Gasteiger partial charge in [0.15, 0.2) is 5.96 Å². The van der Waals surface area contributed by atoms with Gasteiger partial charge in [-0.05, 0) is 37.8 Å². The number of hydrogen-bond acceptors (Lipinski definition) is 4. The van der Waals surface area contributed by atoms with Gasteiger partial charge in [-0.2, -0.15) is 0 Å². The Morgan fingerprint density at radius 3 is 2.85 bits per heavy atom. The van der Waals surface area contributed by atoms with E-state index in [1.807, 2.05) is 19.2 Å². The summed E-state index contributed by atoms with van der Waals surface area (Å²) >= 11 is 0. The first-order valence-electron chi connectivity index (χ1n) is 10.4. The van der Waals surface area contributed by atoms with Crippen molar-refractivity contribution in [1.82, 2.24) is 10.6 Å². The molecule has 3 unspecified atom stereocenters. The van der Waals surface area contributed by atoms with Crippen molar-refractivity contribution in [2.75, 3.05) is 33.4 Å². The maximum absolute atomic E-state index is 5.74. The topological polar surface area (TPSA) is 68.0 Å². The maximum Gasteiger partial charge on any atom is 0.191 e. The third kappa shape index (κ3) is 4.66. The number of nitrogens with one attached hydrogen (secondary N) is 2. The fourth-order valence-corrected chi connectivity index (χ4v) is 4.50. The third-order valence-electron chi connectivity index (χ3n) is 6.47. The first kappa shape index (κ1) is 20.2. The minimum absolute atomic E-state index is 0.189. The van der Waals surface area contributed by atoms with Crippen molar-refractivity contribution in [2.45, 2.75) is 58.1 Å². The Bertz CT molecular complexity index is 578. The second-order valence-corrected chi connectivity index (χ2v) is 7.77. The van der Waals surface area contributed by atoms with E-state index >= 15 is 0 Å². The van der Waals surface area contributed by atoms with E-state index in [9.17, 15) is 0 Å². The van der Waals surface area contributed by atoms with Gasteiger partial charge in [0, 0.05) is 50.6 Å². The van der Waals surface area contributed by atoms with Crippen molar-refractivity contribution in [1.29, 1.82) is 0 Å². The number of furan rings is 1. The molecule has 0 radical (unpaired) electrons. The van der Waals surface area contributed by atoms with Crippen LogP contribution in [0.5, 0.6) is 0 Å². The van der Waals surface area contributed by atoms with Crippen molar-refractivity contribution in [3.05, 3.63) is 24.2 Å². The first-order chi connectivity index (χ1) is 13.2. The van der Waals surface area contributed by atoms with E-state index in [2.05, 4.69) is 24.5 Å². The predicted molar refractivity (Wildman–Crippen MR) is 107 cm³/mol. The summed E-state index contributed by atoms with van der Waals surface area (Å²) in [6.45, 7) is 7.82. The van der Waals surface area contributed by atoms with E-state index in [-0.39, 0.29) is 5.41 Å². The average molecular weight is 378 g/mol. The summed E-state index contributed by atoms with van der Waals surface area (Å²) in [5.41, 5.74) is 0.189. The zero-order valence-electron chi connectivity index (χ0n) is 17.0. The molecule has 0 aromatic carbocycles. The van der Waals surface area contributed by atoms with Crippen LogP contribution in [-0.2, 0) is 15.9 Å². The van der Waals surface area contributed by atoms with Crippen molar-refractivity contribution in [3.63, 3.8) is 0 Å². The summed E-state index contributed by atoms with van der Waals surface area (Å²) in [6.07, 6.45) is 7.25. The number of methoxy groups -OCH3 is 1. The van der Waals surface area contributed by atoms with E-state index in [1.165, 1.54) is 0 Å². The van der Waals surface area contributed by atoms with Gasteiger partial charge in [0.05, 0.1) is 19.0 Å². The highest BCUT2D eigenvalue weighted by Crippen LogP contribution is 2.48. The SMILES string of the molecule is CCC1(CC)C(NC(=NCC2CCOC2)NCCc2ccco2)CC1OC. The molecule has 3 rings (SSSR count). The number of guanidine groups is 1. The summed E-state index contributed by atoms with van der Waals surface area (Å²) in [5, 5.41) is 7.20. The van der Waals surface area contributed by atoms with Gasteiger partial charge in [0.25, 0.3) is 0 Å². The highest BCUT2D eigenvalue weighted by molar-refractivity contribution is 5.80. The molecule has 1 saturated heterocycles. The van der Waals surface area contributed by atoms with E-state index in [0.29, 0.717) is 18.1 Å². The Kier molecular flexibility index (Phi) is 7.19. The van der Waals surface area contributed by atoms with Crippen LogP contribution in [-0.4, -0.2) is 51.5 Å². The van der Waals surface area contributed by atoms with Gasteiger partial charge >= 0.3 is 0 Å². The van der Waals surface area contributed by atoms with Crippen LogP contribution >= 0.6 is 0 Å². The van der Waals surface area contributed by atoms with E-state index in [0.717, 1.165) is 70.1 Å². The Morgan fingerprint density at radius 2 is 2.22 bits per heavy atom. The van der Waals surface area contributed by atoms with Crippen LogP contribution in [0.15, 0.2) is 27.8 Å². The summed E-state index contributed by atoms with van der Waals surface area (Å²) in [7, 11) is 1.83. The third-order valence-corrected chi connectivity index (χ3v) is 6.47. The normalized spacial score (nSPS) is 27.4. The van der Waals surface area contributed by atoms with Crippen LogP contribution in [0.2, 0.25) is 0 Å². The van der Waals surface area contributed by atoms with Crippen LogP contribution in [0, 0.1) is 11.3 Å². The van der Waals surface area contributed by atoms with Gasteiger partial charge < -0.3 is 24.5 Å². The summed E-state index contributed by atoms with van der Waals surface area (Å²) in [4.78, 5) is 4.87. The van der Waals surface area contributed by atoms with Crippen LogP contribution in [0.4, 0.5) is 0 Å². The highest BCUT2D eigenvalue weighted by Gasteiger charge is 2.53. The predicted octanol–water partition coefficient (Wildman–Crippen LogP) is 2.99. The minimum atomic E-state index is 0.189. The lowest BCUT2D eigenvalue weighted by Gasteiger charge is -2.55. The minimum Gasteiger partial charge on any atom is -0.469 e. The molecule has 6 nitrogen and oxygen atoms in total. The van der Waals surface area contributed by atoms with Crippen LogP contribution in [0.25, 0.3) is 0 Å². The zero-order chi connectivity index (χ0) is 19.1. The highest BCUT2D eigenvalue weighted by atomic mass is 16.5. The molecule has 0 amide bonds. The molecule has 152 valence electrons. The lowest BCUT2D eigenvalue weighted by molar-refractivity contribution is -0.118. The number of rotatable bonds is 9. The number of aliphatic imine (C=N–C) groups is 1. The maximum atomic E-state index is 5.74. The molecular formula is C21H35N3O3. The number of nitrogens with zero attached hydrogens (tertiary/aromatic N) is 1. The smallest absolute Gasteiger partial charge is 0.191 e. The molecule has 1 saturated carbocycles. The van der Waals surface area contributed by atoms with E-state index in [1.54, 1.807) is 6.26 Å². The molecule has 0 bridgehead atoms. The summed E-state index contributed by atoms with van der Waals surface area (Å²) < 4.78 is 16.7. The summed E-state index contributed by atoms with van der Waals surface area (Å²) in [6, 6.07) is 4.33. The Hall–Kier alpha value is -1.53. The second-order valence-electron chi connectivity index (χ2n) is 7.77. The van der Waals surface area contributed by atoms with Crippen molar-refractivity contribution in [2.24, 2.45) is 16.3 Å². The Labute approximate surface area is 163 Å². The number of hydrogen-bond donors (Lipinski definition) is 2.